The average molecular weight is 927 g/mol. The zero-order valence-corrected chi connectivity index (χ0v) is 38.4. The molecule has 6 nitrogen and oxygen atoms in total. The molecule has 0 atom stereocenters. The van der Waals surface area contributed by atoms with Gasteiger partial charge in [-0.25, -0.2) is 4.98 Å². The molecule has 0 fully saturated rings. The minimum atomic E-state index is -4.82. The summed E-state index contributed by atoms with van der Waals surface area (Å²) in [7, 11) is 0. The molecule has 0 radical (unpaired) electrons. The molecule has 1 aliphatic rings. The molecule has 0 saturated heterocycles. The van der Waals surface area contributed by atoms with Crippen LogP contribution in [0.3, 0.4) is 0 Å². The minimum Gasteiger partial charge on any atom is -0.308 e. The minimum absolute atomic E-state index is 0.125. The number of aromatic nitrogens is 3. The van der Waals surface area contributed by atoms with Crippen LogP contribution in [0.2, 0.25) is 0 Å². The van der Waals surface area contributed by atoms with Gasteiger partial charge in [-0.3, -0.25) is 4.99 Å². The van der Waals surface area contributed by atoms with Crippen molar-refractivity contribution in [1.29, 1.82) is 10.5 Å². The summed E-state index contributed by atoms with van der Waals surface area (Å²) in [6.07, 6.45) is 2.14. The SMILES string of the molecule is C=C/C=C(\N=C(/C)c1ccccc1)C1=Cc2c(c3ccccc3n2-c2cc(-c3c(C#N)cccc3C(F)(F)F)cc(-n3c4ccccc4c4ccc(-c5cccc(-c6ccccc6)n5)cc43)c2C#N)CC1. The number of alkyl halides is 3. The molecule has 0 amide bonds. The summed E-state index contributed by atoms with van der Waals surface area (Å²) in [5.74, 6) is 0. The van der Waals surface area contributed by atoms with Gasteiger partial charge in [0.25, 0.3) is 0 Å². The van der Waals surface area contributed by atoms with Gasteiger partial charge in [0, 0.05) is 38.6 Å². The standard InChI is InChI=1S/C62H41F3N6/c1-3-16-52(68-39(2)40-17-6-4-7-18-40)42-29-31-48-46-22-10-12-27-55(46)70(57(48)33-42)59-35-45(61-44(37-66)21-14-24-51(61)62(63,64)65)36-60(50(59)38-67)71-56-28-13-11-23-47(56)49-32-30-43(34-58(49)71)54-26-15-25-53(69-54)41-19-8-5-9-20-41/h3-28,30,32-36H,1,29,31H2,2H3/b52-16-,68-39+. The fourth-order valence-electron chi connectivity index (χ4n) is 10.1. The van der Waals surface area contributed by atoms with Gasteiger partial charge in [-0.1, -0.05) is 134 Å². The first-order chi connectivity index (χ1) is 34.6. The summed E-state index contributed by atoms with van der Waals surface area (Å²) < 4.78 is 49.9. The highest BCUT2D eigenvalue weighted by Gasteiger charge is 2.36. The third-order valence-corrected chi connectivity index (χ3v) is 13.3. The smallest absolute Gasteiger partial charge is 0.308 e. The van der Waals surface area contributed by atoms with E-state index in [2.05, 4.69) is 24.8 Å². The summed E-state index contributed by atoms with van der Waals surface area (Å²) in [5, 5.41) is 24.9. The molecule has 340 valence electrons. The number of nitrogens with zero attached hydrogens (tertiary/aromatic N) is 6. The molecule has 0 aliphatic heterocycles. The van der Waals surface area contributed by atoms with Crippen molar-refractivity contribution in [2.75, 3.05) is 0 Å². The molecule has 0 spiro atoms. The second kappa shape index (κ2) is 18.0. The number of para-hydroxylation sites is 2. The van der Waals surface area contributed by atoms with Crippen LogP contribution in [-0.4, -0.2) is 19.8 Å². The molecule has 0 unspecified atom stereocenters. The van der Waals surface area contributed by atoms with Crippen LogP contribution < -0.4 is 0 Å². The maximum absolute atomic E-state index is 15.3. The number of fused-ring (bicyclic) bond motifs is 6. The highest BCUT2D eigenvalue weighted by molar-refractivity contribution is 6.10. The van der Waals surface area contributed by atoms with Gasteiger partial charge in [0.15, 0.2) is 0 Å². The van der Waals surface area contributed by atoms with E-state index < -0.39 is 11.7 Å². The van der Waals surface area contributed by atoms with Crippen molar-refractivity contribution in [3.05, 3.63) is 239 Å². The molecule has 7 aromatic carbocycles. The van der Waals surface area contributed by atoms with Gasteiger partial charge in [-0.05, 0) is 109 Å². The lowest BCUT2D eigenvalue weighted by Gasteiger charge is -2.22. The number of pyridine rings is 1. The van der Waals surface area contributed by atoms with Crippen LogP contribution >= 0.6 is 0 Å². The van der Waals surface area contributed by atoms with E-state index >= 15 is 13.2 Å². The molecule has 0 N–H and O–H groups in total. The van der Waals surface area contributed by atoms with Crippen LogP contribution in [0.4, 0.5) is 13.2 Å². The van der Waals surface area contributed by atoms with Crippen molar-refractivity contribution in [2.45, 2.75) is 25.9 Å². The predicted molar refractivity (Wildman–Crippen MR) is 279 cm³/mol. The number of benzene rings is 7. The second-order valence-electron chi connectivity index (χ2n) is 17.4. The largest absolute Gasteiger partial charge is 0.417 e. The van der Waals surface area contributed by atoms with Crippen molar-refractivity contribution in [3.63, 3.8) is 0 Å². The van der Waals surface area contributed by atoms with E-state index in [0.29, 0.717) is 29.7 Å². The lowest BCUT2D eigenvalue weighted by Crippen LogP contribution is -2.11. The predicted octanol–water partition coefficient (Wildman–Crippen LogP) is 15.8. The molecule has 11 rings (SSSR count). The lowest BCUT2D eigenvalue weighted by atomic mass is 9.91. The van der Waals surface area contributed by atoms with Crippen LogP contribution in [-0.2, 0) is 12.6 Å². The van der Waals surface area contributed by atoms with E-state index in [9.17, 15) is 10.5 Å². The Kier molecular flexibility index (Phi) is 11.2. The van der Waals surface area contributed by atoms with E-state index in [1.165, 1.54) is 12.1 Å². The molecular weight excluding hydrogens is 886 g/mol. The molecule has 0 bridgehead atoms. The number of hydrogen-bond donors (Lipinski definition) is 0. The fourth-order valence-corrected chi connectivity index (χ4v) is 10.1. The maximum Gasteiger partial charge on any atom is 0.417 e. The van der Waals surface area contributed by atoms with Gasteiger partial charge in [-0.2, -0.15) is 23.7 Å². The quantitative estimate of drug-likeness (QED) is 0.107. The van der Waals surface area contributed by atoms with Crippen molar-refractivity contribution < 1.29 is 13.2 Å². The van der Waals surface area contributed by atoms with Gasteiger partial charge in [-0.15, -0.1) is 0 Å². The highest BCUT2D eigenvalue weighted by Crippen LogP contribution is 2.45. The number of hydrogen-bond acceptors (Lipinski definition) is 4. The van der Waals surface area contributed by atoms with Crippen molar-refractivity contribution in [2.24, 2.45) is 4.99 Å². The topological polar surface area (TPSA) is 82.7 Å². The Bertz CT molecular complexity index is 3970. The third kappa shape index (κ3) is 7.80. The Morgan fingerprint density at radius 2 is 1.27 bits per heavy atom. The first-order valence-corrected chi connectivity index (χ1v) is 23.2. The molecule has 3 heterocycles. The second-order valence-corrected chi connectivity index (χ2v) is 17.4. The summed E-state index contributed by atoms with van der Waals surface area (Å²) in [4.78, 5) is 10.2. The zero-order chi connectivity index (χ0) is 48.8. The monoisotopic (exact) mass is 926 g/mol. The zero-order valence-electron chi connectivity index (χ0n) is 38.4. The molecule has 3 aromatic heterocycles. The fraction of sp³-hybridized carbons (Fsp3) is 0.0645. The molecule has 9 heteroatoms. The Hall–Kier alpha value is -9.31. The average Bonchev–Trinajstić information content (AvgIpc) is 3.92. The van der Waals surface area contributed by atoms with Crippen LogP contribution in [0.5, 0.6) is 0 Å². The summed E-state index contributed by atoms with van der Waals surface area (Å²) in [6.45, 7) is 5.98. The summed E-state index contributed by atoms with van der Waals surface area (Å²) >= 11 is 0. The van der Waals surface area contributed by atoms with Crippen LogP contribution in [0.1, 0.15) is 46.9 Å². The molecule has 10 aromatic rings. The number of aryl methyl sites for hydroxylation is 1. The van der Waals surface area contributed by atoms with Gasteiger partial charge >= 0.3 is 6.18 Å². The van der Waals surface area contributed by atoms with Crippen LogP contribution in [0.25, 0.3) is 83.8 Å². The number of rotatable bonds is 9. The van der Waals surface area contributed by atoms with E-state index in [1.54, 1.807) is 18.2 Å². The maximum atomic E-state index is 15.3. The number of aliphatic imine (C=N–C) groups is 1. The summed E-state index contributed by atoms with van der Waals surface area (Å²) in [6, 6.07) is 59.0. The summed E-state index contributed by atoms with van der Waals surface area (Å²) in [5.41, 5.74) is 10.4. The normalized spacial score (nSPS) is 13.0. The number of allylic oxidation sites excluding steroid dienone is 3. The Balaban J connectivity index is 1.23. The van der Waals surface area contributed by atoms with Gasteiger partial charge in [0.1, 0.15) is 11.6 Å². The molecule has 71 heavy (non-hydrogen) atoms. The van der Waals surface area contributed by atoms with E-state index in [-0.39, 0.29) is 22.3 Å². The van der Waals surface area contributed by atoms with Crippen molar-refractivity contribution in [1.82, 2.24) is 14.1 Å². The molecular formula is C62H41F3N6. The molecule has 0 saturated carbocycles. The van der Waals surface area contributed by atoms with Crippen molar-refractivity contribution in [3.8, 4) is 57.2 Å². The van der Waals surface area contributed by atoms with Crippen molar-refractivity contribution >= 4 is 44.5 Å². The Morgan fingerprint density at radius 1 is 0.634 bits per heavy atom. The first-order valence-electron chi connectivity index (χ1n) is 23.2. The lowest BCUT2D eigenvalue weighted by molar-refractivity contribution is -0.137. The Morgan fingerprint density at radius 3 is 1.97 bits per heavy atom. The number of halogens is 3. The van der Waals surface area contributed by atoms with Gasteiger partial charge < -0.3 is 9.13 Å². The van der Waals surface area contributed by atoms with E-state index in [0.717, 1.165) is 89.6 Å². The van der Waals surface area contributed by atoms with Gasteiger partial charge in [0.05, 0.1) is 67.9 Å². The number of nitriles is 2. The van der Waals surface area contributed by atoms with Gasteiger partial charge in [0.2, 0.25) is 0 Å². The first kappa shape index (κ1) is 44.2. The highest BCUT2D eigenvalue weighted by atomic mass is 19.4. The van der Waals surface area contributed by atoms with E-state index in [1.807, 2.05) is 168 Å². The Labute approximate surface area is 408 Å². The van der Waals surface area contributed by atoms with Crippen LogP contribution in [0.15, 0.2) is 211 Å². The van der Waals surface area contributed by atoms with Crippen LogP contribution in [0, 0.1) is 22.7 Å². The molecule has 1 aliphatic carbocycles. The van der Waals surface area contributed by atoms with E-state index in [4.69, 9.17) is 9.98 Å². The third-order valence-electron chi connectivity index (χ3n) is 13.3.